The molecule has 17 heavy (non-hydrogen) atoms. The van der Waals surface area contributed by atoms with E-state index in [1.165, 1.54) is 0 Å². The molecule has 0 saturated heterocycles. The molecule has 0 aliphatic heterocycles. The molecule has 2 unspecified atom stereocenters. The average molecular weight is 244 g/mol. The summed E-state index contributed by atoms with van der Waals surface area (Å²) in [4.78, 5) is 11.6. The van der Waals surface area contributed by atoms with Gasteiger partial charge in [0.2, 0.25) is 5.91 Å². The lowest BCUT2D eigenvalue weighted by Gasteiger charge is -2.23. The average Bonchev–Trinajstić information content (AvgIpc) is 2.12. The van der Waals surface area contributed by atoms with Crippen LogP contribution in [-0.4, -0.2) is 31.2 Å². The second-order valence-corrected chi connectivity index (χ2v) is 5.80. The van der Waals surface area contributed by atoms with Crippen molar-refractivity contribution in [3.05, 3.63) is 0 Å². The molecule has 1 amide bonds. The third-order valence-corrected chi connectivity index (χ3v) is 2.36. The highest BCUT2D eigenvalue weighted by Crippen LogP contribution is 2.20. The Bertz CT molecular complexity index is 224. The van der Waals surface area contributed by atoms with Crippen LogP contribution in [0.3, 0.4) is 0 Å². The molecule has 3 N–H and O–H groups in total. The Morgan fingerprint density at radius 2 is 2.00 bits per heavy atom. The fourth-order valence-electron chi connectivity index (χ4n) is 1.77. The lowest BCUT2D eigenvalue weighted by atomic mass is 9.87. The summed E-state index contributed by atoms with van der Waals surface area (Å²) < 4.78 is 5.33. The summed E-state index contributed by atoms with van der Waals surface area (Å²) in [5.74, 6) is 0.00769. The van der Waals surface area contributed by atoms with E-state index in [2.05, 4.69) is 26.1 Å². The molecule has 0 radical (unpaired) electrons. The van der Waals surface area contributed by atoms with Gasteiger partial charge in [-0.05, 0) is 25.7 Å². The first-order valence-electron chi connectivity index (χ1n) is 6.38. The van der Waals surface area contributed by atoms with Gasteiger partial charge in [0.05, 0.1) is 6.10 Å². The summed E-state index contributed by atoms with van der Waals surface area (Å²) in [6, 6.07) is -0.0719. The van der Waals surface area contributed by atoms with E-state index in [9.17, 15) is 4.79 Å². The summed E-state index contributed by atoms with van der Waals surface area (Å²) in [6.07, 6.45) is 1.29. The quantitative estimate of drug-likeness (QED) is 0.716. The molecular weight excluding hydrogens is 216 g/mol. The van der Waals surface area contributed by atoms with Crippen molar-refractivity contribution in [2.75, 3.05) is 13.2 Å². The van der Waals surface area contributed by atoms with Crippen LogP contribution in [0, 0.1) is 5.41 Å². The minimum absolute atomic E-state index is 0.00769. The van der Waals surface area contributed by atoms with Gasteiger partial charge >= 0.3 is 0 Å². The molecule has 0 aromatic rings. The topological polar surface area (TPSA) is 64.3 Å². The van der Waals surface area contributed by atoms with Crippen molar-refractivity contribution < 1.29 is 9.53 Å². The standard InChI is InChI=1S/C13H28N2O2/c1-6-17-10(2)9-15-12(16)7-11(14)8-13(3,4)5/h10-11H,6-9,14H2,1-5H3,(H,15,16). The Morgan fingerprint density at radius 3 is 2.47 bits per heavy atom. The van der Waals surface area contributed by atoms with Crippen molar-refractivity contribution in [1.29, 1.82) is 0 Å². The van der Waals surface area contributed by atoms with Crippen LogP contribution < -0.4 is 11.1 Å². The Kier molecular flexibility index (Phi) is 7.39. The van der Waals surface area contributed by atoms with Crippen LogP contribution in [0.1, 0.15) is 47.5 Å². The number of ether oxygens (including phenoxy) is 1. The fraction of sp³-hybridized carbons (Fsp3) is 0.923. The molecule has 0 heterocycles. The van der Waals surface area contributed by atoms with Gasteiger partial charge in [-0.1, -0.05) is 20.8 Å². The maximum absolute atomic E-state index is 11.6. The Balaban J connectivity index is 3.78. The third kappa shape index (κ3) is 10.3. The van der Waals surface area contributed by atoms with E-state index in [0.717, 1.165) is 6.42 Å². The molecular formula is C13H28N2O2. The zero-order chi connectivity index (χ0) is 13.5. The van der Waals surface area contributed by atoms with Crippen LogP contribution in [0.4, 0.5) is 0 Å². The van der Waals surface area contributed by atoms with Crippen molar-refractivity contribution in [2.24, 2.45) is 11.1 Å². The Hall–Kier alpha value is -0.610. The number of rotatable bonds is 7. The number of hydrogen-bond acceptors (Lipinski definition) is 3. The monoisotopic (exact) mass is 244 g/mol. The van der Waals surface area contributed by atoms with Gasteiger partial charge in [0.1, 0.15) is 0 Å². The number of nitrogens with two attached hydrogens (primary N) is 1. The second-order valence-electron chi connectivity index (χ2n) is 5.80. The lowest BCUT2D eigenvalue weighted by Crippen LogP contribution is -2.37. The van der Waals surface area contributed by atoms with Gasteiger partial charge < -0.3 is 15.8 Å². The first-order chi connectivity index (χ1) is 7.74. The van der Waals surface area contributed by atoms with Crippen LogP contribution in [0.25, 0.3) is 0 Å². The molecule has 4 nitrogen and oxygen atoms in total. The van der Waals surface area contributed by atoms with E-state index in [1.807, 2.05) is 13.8 Å². The highest BCUT2D eigenvalue weighted by Gasteiger charge is 2.18. The Morgan fingerprint density at radius 1 is 1.41 bits per heavy atom. The normalized spacial score (nSPS) is 15.4. The molecule has 0 bridgehead atoms. The van der Waals surface area contributed by atoms with Gasteiger partial charge in [-0.15, -0.1) is 0 Å². The molecule has 4 heteroatoms. The molecule has 102 valence electrons. The van der Waals surface area contributed by atoms with Crippen molar-refractivity contribution >= 4 is 5.91 Å². The molecule has 0 rings (SSSR count). The summed E-state index contributed by atoms with van der Waals surface area (Å²) in [6.45, 7) is 11.5. The van der Waals surface area contributed by atoms with Crippen LogP contribution in [0.15, 0.2) is 0 Å². The van der Waals surface area contributed by atoms with Gasteiger partial charge in [0, 0.05) is 25.6 Å². The number of amides is 1. The zero-order valence-electron chi connectivity index (χ0n) is 11.9. The highest BCUT2D eigenvalue weighted by atomic mass is 16.5. The predicted octanol–water partition coefficient (Wildman–Crippen LogP) is 1.68. The molecule has 0 aliphatic rings. The SMILES string of the molecule is CCOC(C)CNC(=O)CC(N)CC(C)(C)C. The second kappa shape index (κ2) is 7.67. The molecule has 0 aromatic heterocycles. The number of carbonyl (C=O) groups is 1. The maximum Gasteiger partial charge on any atom is 0.221 e. The first-order valence-corrected chi connectivity index (χ1v) is 6.38. The third-order valence-electron chi connectivity index (χ3n) is 2.36. The van der Waals surface area contributed by atoms with Crippen LogP contribution in [0.2, 0.25) is 0 Å². The highest BCUT2D eigenvalue weighted by molar-refractivity contribution is 5.76. The van der Waals surface area contributed by atoms with Crippen LogP contribution in [-0.2, 0) is 9.53 Å². The summed E-state index contributed by atoms with van der Waals surface area (Å²) in [5.41, 5.74) is 6.10. The minimum Gasteiger partial charge on any atom is -0.377 e. The van der Waals surface area contributed by atoms with Crippen LogP contribution in [0.5, 0.6) is 0 Å². The molecule has 0 aliphatic carbocycles. The van der Waals surface area contributed by atoms with E-state index in [-0.39, 0.29) is 23.5 Å². The molecule has 0 fully saturated rings. The lowest BCUT2D eigenvalue weighted by molar-refractivity contribution is -0.122. The fourth-order valence-corrected chi connectivity index (χ4v) is 1.77. The van der Waals surface area contributed by atoms with Crippen molar-refractivity contribution in [3.8, 4) is 0 Å². The van der Waals surface area contributed by atoms with Gasteiger partial charge in [-0.2, -0.15) is 0 Å². The van der Waals surface area contributed by atoms with E-state index in [4.69, 9.17) is 10.5 Å². The molecule has 0 spiro atoms. The number of nitrogens with one attached hydrogen (secondary N) is 1. The molecule has 2 atom stereocenters. The predicted molar refractivity (Wildman–Crippen MR) is 70.8 cm³/mol. The van der Waals surface area contributed by atoms with E-state index >= 15 is 0 Å². The summed E-state index contributed by atoms with van der Waals surface area (Å²) in [7, 11) is 0. The number of carbonyl (C=O) groups excluding carboxylic acids is 1. The zero-order valence-corrected chi connectivity index (χ0v) is 11.9. The van der Waals surface area contributed by atoms with Gasteiger partial charge in [0.15, 0.2) is 0 Å². The Labute approximate surface area is 105 Å². The molecule has 0 saturated carbocycles. The van der Waals surface area contributed by atoms with Gasteiger partial charge in [-0.25, -0.2) is 0 Å². The van der Waals surface area contributed by atoms with Crippen molar-refractivity contribution in [3.63, 3.8) is 0 Å². The van der Waals surface area contributed by atoms with E-state index in [0.29, 0.717) is 19.6 Å². The smallest absolute Gasteiger partial charge is 0.221 e. The van der Waals surface area contributed by atoms with Crippen molar-refractivity contribution in [1.82, 2.24) is 5.32 Å². The molecule has 0 aromatic carbocycles. The van der Waals surface area contributed by atoms with Gasteiger partial charge in [-0.3, -0.25) is 4.79 Å². The summed E-state index contributed by atoms with van der Waals surface area (Å²) >= 11 is 0. The van der Waals surface area contributed by atoms with E-state index < -0.39 is 0 Å². The maximum atomic E-state index is 11.6. The van der Waals surface area contributed by atoms with E-state index in [1.54, 1.807) is 0 Å². The minimum atomic E-state index is -0.0719. The number of hydrogen-bond donors (Lipinski definition) is 2. The summed E-state index contributed by atoms with van der Waals surface area (Å²) in [5, 5.41) is 2.84. The van der Waals surface area contributed by atoms with Crippen molar-refractivity contribution in [2.45, 2.75) is 59.6 Å². The van der Waals surface area contributed by atoms with Crippen LogP contribution >= 0.6 is 0 Å². The van der Waals surface area contributed by atoms with Gasteiger partial charge in [0.25, 0.3) is 0 Å². The first kappa shape index (κ1) is 16.4. The largest absolute Gasteiger partial charge is 0.377 e.